The number of hydrogen-bond acceptors (Lipinski definition) is 3. The smallest absolute Gasteiger partial charge is 0.182 e. The van der Waals surface area contributed by atoms with E-state index in [-0.39, 0.29) is 0 Å². The van der Waals surface area contributed by atoms with Crippen molar-refractivity contribution in [3.05, 3.63) is 66.2 Å². The van der Waals surface area contributed by atoms with E-state index in [4.69, 9.17) is 0 Å². The van der Waals surface area contributed by atoms with Crippen LogP contribution in [0.5, 0.6) is 0 Å². The summed E-state index contributed by atoms with van der Waals surface area (Å²) in [6.07, 6.45) is 3.74. The summed E-state index contributed by atoms with van der Waals surface area (Å²) in [6, 6.07) is 19.7. The summed E-state index contributed by atoms with van der Waals surface area (Å²) in [5.41, 5.74) is 4.91. The van der Waals surface area contributed by atoms with Gasteiger partial charge in [-0.1, -0.05) is 60.3 Å². The molecule has 96 valence electrons. The van der Waals surface area contributed by atoms with Crippen LogP contribution >= 0.6 is 11.8 Å². The van der Waals surface area contributed by atoms with Gasteiger partial charge >= 0.3 is 0 Å². The number of hydrazone groups is 1. The third kappa shape index (κ3) is 4.60. The molecule has 0 aliphatic carbocycles. The van der Waals surface area contributed by atoms with Crippen molar-refractivity contribution in [2.24, 2.45) is 10.1 Å². The van der Waals surface area contributed by atoms with Gasteiger partial charge in [-0.2, -0.15) is 5.10 Å². The molecule has 0 unspecified atom stereocenters. The maximum Gasteiger partial charge on any atom is 0.182 e. The Morgan fingerprint density at radius 2 is 1.63 bits per heavy atom. The highest BCUT2D eigenvalue weighted by atomic mass is 32.2. The highest BCUT2D eigenvalue weighted by Gasteiger charge is 1.94. The third-order valence-electron chi connectivity index (χ3n) is 2.35. The van der Waals surface area contributed by atoms with Crippen molar-refractivity contribution in [2.45, 2.75) is 0 Å². The quantitative estimate of drug-likeness (QED) is 0.524. The third-order valence-corrected chi connectivity index (χ3v) is 2.92. The van der Waals surface area contributed by atoms with Gasteiger partial charge in [0.15, 0.2) is 5.17 Å². The lowest BCUT2D eigenvalue weighted by atomic mass is 10.2. The summed E-state index contributed by atoms with van der Waals surface area (Å²) in [4.78, 5) is 4.46. The van der Waals surface area contributed by atoms with Crippen LogP contribution < -0.4 is 5.43 Å². The first kappa shape index (κ1) is 13.4. The molecular weight excluding hydrogens is 254 g/mol. The molecule has 2 rings (SSSR count). The largest absolute Gasteiger partial charge is 0.256 e. The molecule has 4 heteroatoms. The van der Waals surface area contributed by atoms with Crippen LogP contribution in [0.1, 0.15) is 5.56 Å². The number of rotatable bonds is 3. The average Bonchev–Trinajstić information content (AvgIpc) is 2.48. The predicted octanol–water partition coefficient (Wildman–Crippen LogP) is 3.66. The van der Waals surface area contributed by atoms with Gasteiger partial charge in [0.1, 0.15) is 0 Å². The standard InChI is InChI=1S/C15H15N3S/c1-19-15(17-14-10-6-3-7-11-14)18-16-12-13-8-4-2-5-9-13/h2-12H,1H3,(H,17,18)/b16-12+. The molecule has 0 amide bonds. The molecule has 0 saturated carbocycles. The SMILES string of the molecule is CSC(=Nc1ccccc1)N/N=C/c1ccccc1. The normalized spacial score (nSPS) is 11.7. The van der Waals surface area contributed by atoms with Crippen molar-refractivity contribution in [1.82, 2.24) is 5.43 Å². The summed E-state index contributed by atoms with van der Waals surface area (Å²) >= 11 is 1.53. The molecule has 0 heterocycles. The van der Waals surface area contributed by atoms with Crippen molar-refractivity contribution >= 4 is 28.8 Å². The van der Waals surface area contributed by atoms with Crippen LogP contribution in [0.4, 0.5) is 5.69 Å². The second-order valence-corrected chi connectivity index (χ2v) is 4.53. The van der Waals surface area contributed by atoms with E-state index in [2.05, 4.69) is 15.5 Å². The van der Waals surface area contributed by atoms with E-state index in [0.717, 1.165) is 16.4 Å². The zero-order chi connectivity index (χ0) is 13.3. The Morgan fingerprint density at radius 3 is 2.26 bits per heavy atom. The van der Waals surface area contributed by atoms with Gasteiger partial charge in [0.25, 0.3) is 0 Å². The Morgan fingerprint density at radius 1 is 1.00 bits per heavy atom. The lowest BCUT2D eigenvalue weighted by molar-refractivity contribution is 1.05. The number of amidine groups is 1. The highest BCUT2D eigenvalue weighted by molar-refractivity contribution is 8.13. The van der Waals surface area contributed by atoms with Gasteiger partial charge in [-0.05, 0) is 24.0 Å². The highest BCUT2D eigenvalue weighted by Crippen LogP contribution is 2.12. The second kappa shape index (κ2) is 7.38. The number of para-hydroxylation sites is 1. The van der Waals surface area contributed by atoms with Gasteiger partial charge < -0.3 is 0 Å². The molecule has 2 aromatic carbocycles. The van der Waals surface area contributed by atoms with Crippen LogP contribution in [0.25, 0.3) is 0 Å². The van der Waals surface area contributed by atoms with Crippen molar-refractivity contribution in [3.8, 4) is 0 Å². The molecule has 0 radical (unpaired) electrons. The molecular formula is C15H15N3S. The number of nitrogens with zero attached hydrogens (tertiary/aromatic N) is 2. The maximum atomic E-state index is 4.46. The number of hydrogen-bond donors (Lipinski definition) is 1. The first-order chi connectivity index (χ1) is 9.38. The number of benzene rings is 2. The van der Waals surface area contributed by atoms with Crippen LogP contribution in [0, 0.1) is 0 Å². The van der Waals surface area contributed by atoms with E-state index in [1.165, 1.54) is 11.8 Å². The Bertz CT molecular complexity index is 550. The van der Waals surface area contributed by atoms with Gasteiger partial charge in [-0.15, -0.1) is 0 Å². The lowest BCUT2D eigenvalue weighted by Gasteiger charge is -2.01. The Labute approximate surface area is 117 Å². The number of thioether (sulfide) groups is 1. The van der Waals surface area contributed by atoms with Crippen LogP contribution in [-0.2, 0) is 0 Å². The first-order valence-electron chi connectivity index (χ1n) is 5.90. The molecule has 0 atom stereocenters. The minimum Gasteiger partial charge on any atom is -0.256 e. The van der Waals surface area contributed by atoms with Gasteiger partial charge in [0.2, 0.25) is 0 Å². The Kier molecular flexibility index (Phi) is 5.19. The number of nitrogens with one attached hydrogen (secondary N) is 1. The molecule has 2 aromatic rings. The number of aliphatic imine (C=N–C) groups is 1. The van der Waals surface area contributed by atoms with Crippen molar-refractivity contribution in [3.63, 3.8) is 0 Å². The molecule has 3 nitrogen and oxygen atoms in total. The zero-order valence-corrected chi connectivity index (χ0v) is 11.5. The van der Waals surface area contributed by atoms with Crippen molar-refractivity contribution in [1.29, 1.82) is 0 Å². The van der Waals surface area contributed by atoms with Crippen LogP contribution in [0.15, 0.2) is 70.8 Å². The fraction of sp³-hybridized carbons (Fsp3) is 0.0667. The fourth-order valence-corrected chi connectivity index (χ4v) is 1.78. The van der Waals surface area contributed by atoms with Gasteiger partial charge in [-0.3, -0.25) is 5.43 Å². The minimum absolute atomic E-state index is 0.762. The molecule has 19 heavy (non-hydrogen) atoms. The van der Waals surface area contributed by atoms with Gasteiger partial charge in [-0.25, -0.2) is 4.99 Å². The summed E-state index contributed by atoms with van der Waals surface area (Å²) in [7, 11) is 0. The van der Waals surface area contributed by atoms with E-state index in [1.807, 2.05) is 66.9 Å². The molecule has 0 aliphatic heterocycles. The van der Waals surface area contributed by atoms with E-state index in [1.54, 1.807) is 6.21 Å². The van der Waals surface area contributed by atoms with E-state index >= 15 is 0 Å². The second-order valence-electron chi connectivity index (χ2n) is 3.74. The summed E-state index contributed by atoms with van der Waals surface area (Å²) in [5, 5.41) is 4.94. The molecule has 0 fully saturated rings. The van der Waals surface area contributed by atoms with Crippen LogP contribution in [-0.4, -0.2) is 17.6 Å². The summed E-state index contributed by atoms with van der Waals surface area (Å²) in [6.45, 7) is 0. The molecule has 0 spiro atoms. The van der Waals surface area contributed by atoms with Crippen molar-refractivity contribution in [2.75, 3.05) is 6.26 Å². The van der Waals surface area contributed by atoms with E-state index in [0.29, 0.717) is 0 Å². The molecule has 1 N–H and O–H groups in total. The molecule has 0 saturated heterocycles. The zero-order valence-electron chi connectivity index (χ0n) is 10.7. The lowest BCUT2D eigenvalue weighted by Crippen LogP contribution is -2.13. The van der Waals surface area contributed by atoms with E-state index in [9.17, 15) is 0 Å². The average molecular weight is 269 g/mol. The minimum atomic E-state index is 0.762. The molecule has 0 bridgehead atoms. The topological polar surface area (TPSA) is 36.8 Å². The van der Waals surface area contributed by atoms with Gasteiger partial charge in [0, 0.05) is 0 Å². The van der Waals surface area contributed by atoms with Crippen LogP contribution in [0.2, 0.25) is 0 Å². The van der Waals surface area contributed by atoms with Crippen LogP contribution in [0.3, 0.4) is 0 Å². The van der Waals surface area contributed by atoms with Gasteiger partial charge in [0.05, 0.1) is 11.9 Å². The van der Waals surface area contributed by atoms with Crippen molar-refractivity contribution < 1.29 is 0 Å². The monoisotopic (exact) mass is 269 g/mol. The fourth-order valence-electron chi connectivity index (χ4n) is 1.44. The predicted molar refractivity (Wildman–Crippen MR) is 84.2 cm³/mol. The molecule has 0 aromatic heterocycles. The maximum absolute atomic E-state index is 4.46. The molecule has 0 aliphatic rings. The first-order valence-corrected chi connectivity index (χ1v) is 7.13. The summed E-state index contributed by atoms with van der Waals surface area (Å²) in [5.74, 6) is 0. The van der Waals surface area contributed by atoms with E-state index < -0.39 is 0 Å². The summed E-state index contributed by atoms with van der Waals surface area (Å²) < 4.78 is 0. The Balaban J connectivity index is 2.00. The Hall–Kier alpha value is -2.07.